The van der Waals surface area contributed by atoms with E-state index >= 15 is 0 Å². The highest BCUT2D eigenvalue weighted by Crippen LogP contribution is 2.20. The summed E-state index contributed by atoms with van der Waals surface area (Å²) in [6.07, 6.45) is 3.80. The van der Waals surface area contributed by atoms with Gasteiger partial charge in [-0.1, -0.05) is 42.8 Å². The summed E-state index contributed by atoms with van der Waals surface area (Å²) in [6, 6.07) is 8.15. The Morgan fingerprint density at radius 1 is 1.32 bits per heavy atom. The SMILES string of the molecule is CCCCN(C)C(=O)CSc1nncn1-c1ccc(C)cc1. The molecule has 2 rings (SSSR count). The topological polar surface area (TPSA) is 51.0 Å². The van der Waals surface area contributed by atoms with Crippen molar-refractivity contribution in [2.45, 2.75) is 31.8 Å². The summed E-state index contributed by atoms with van der Waals surface area (Å²) in [5, 5.41) is 8.81. The van der Waals surface area contributed by atoms with E-state index in [1.54, 1.807) is 11.2 Å². The smallest absolute Gasteiger partial charge is 0.232 e. The largest absolute Gasteiger partial charge is 0.345 e. The number of carbonyl (C=O) groups excluding carboxylic acids is 1. The molecule has 0 radical (unpaired) electrons. The second kappa shape index (κ2) is 7.98. The third-order valence-electron chi connectivity index (χ3n) is 3.43. The molecule has 1 aromatic carbocycles. The number of amides is 1. The standard InChI is InChI=1S/C16H22N4OS/c1-4-5-10-19(3)15(21)11-22-16-18-17-12-20(16)14-8-6-13(2)7-9-14/h6-9,12H,4-5,10-11H2,1-3H3. The monoisotopic (exact) mass is 318 g/mol. The van der Waals surface area contributed by atoms with Crippen LogP contribution in [0.15, 0.2) is 35.7 Å². The maximum Gasteiger partial charge on any atom is 0.232 e. The minimum absolute atomic E-state index is 0.122. The van der Waals surface area contributed by atoms with Gasteiger partial charge >= 0.3 is 0 Å². The number of thioether (sulfide) groups is 1. The van der Waals surface area contributed by atoms with Crippen LogP contribution in [-0.2, 0) is 4.79 Å². The van der Waals surface area contributed by atoms with Crippen molar-refractivity contribution in [3.05, 3.63) is 36.2 Å². The summed E-state index contributed by atoms with van der Waals surface area (Å²) in [7, 11) is 1.85. The van der Waals surface area contributed by atoms with E-state index in [1.165, 1.54) is 17.3 Å². The first-order valence-electron chi connectivity index (χ1n) is 7.45. The third kappa shape index (κ3) is 4.34. The summed E-state index contributed by atoms with van der Waals surface area (Å²) in [5.74, 6) is 0.502. The zero-order valence-electron chi connectivity index (χ0n) is 13.3. The van der Waals surface area contributed by atoms with E-state index < -0.39 is 0 Å². The molecule has 0 fully saturated rings. The minimum atomic E-state index is 0.122. The van der Waals surface area contributed by atoms with Crippen LogP contribution in [0.4, 0.5) is 0 Å². The minimum Gasteiger partial charge on any atom is -0.345 e. The second-order valence-electron chi connectivity index (χ2n) is 5.28. The van der Waals surface area contributed by atoms with Gasteiger partial charge in [0.25, 0.3) is 0 Å². The van der Waals surface area contributed by atoms with Crippen LogP contribution in [-0.4, -0.2) is 44.9 Å². The summed E-state index contributed by atoms with van der Waals surface area (Å²) in [4.78, 5) is 13.9. The molecular weight excluding hydrogens is 296 g/mol. The van der Waals surface area contributed by atoms with Gasteiger partial charge in [-0.15, -0.1) is 10.2 Å². The van der Waals surface area contributed by atoms with Gasteiger partial charge in [0.1, 0.15) is 6.33 Å². The van der Waals surface area contributed by atoms with Crippen LogP contribution in [0.3, 0.4) is 0 Å². The molecule has 6 heteroatoms. The highest BCUT2D eigenvalue weighted by atomic mass is 32.2. The number of carbonyl (C=O) groups is 1. The lowest BCUT2D eigenvalue weighted by molar-refractivity contribution is -0.127. The van der Waals surface area contributed by atoms with Gasteiger partial charge in [-0.2, -0.15) is 0 Å². The fourth-order valence-electron chi connectivity index (χ4n) is 1.96. The molecule has 1 heterocycles. The fourth-order valence-corrected chi connectivity index (χ4v) is 2.83. The molecule has 0 bridgehead atoms. The molecule has 0 aliphatic rings. The van der Waals surface area contributed by atoms with Crippen LogP contribution in [0.25, 0.3) is 5.69 Å². The second-order valence-corrected chi connectivity index (χ2v) is 6.22. The average molecular weight is 318 g/mol. The van der Waals surface area contributed by atoms with Crippen LogP contribution in [0.5, 0.6) is 0 Å². The van der Waals surface area contributed by atoms with Crippen molar-refractivity contribution >= 4 is 17.7 Å². The number of rotatable bonds is 7. The summed E-state index contributed by atoms with van der Waals surface area (Å²) >= 11 is 1.42. The first-order valence-corrected chi connectivity index (χ1v) is 8.44. The maximum atomic E-state index is 12.1. The van der Waals surface area contributed by atoms with Crippen molar-refractivity contribution in [3.8, 4) is 5.69 Å². The Balaban J connectivity index is 1.98. The van der Waals surface area contributed by atoms with E-state index in [-0.39, 0.29) is 5.91 Å². The Labute approximate surface area is 135 Å². The quantitative estimate of drug-likeness (QED) is 0.737. The molecule has 0 atom stereocenters. The van der Waals surface area contributed by atoms with Gasteiger partial charge in [0.05, 0.1) is 5.75 Å². The van der Waals surface area contributed by atoms with Gasteiger partial charge in [-0.05, 0) is 25.5 Å². The van der Waals surface area contributed by atoms with E-state index in [1.807, 2.05) is 35.9 Å². The van der Waals surface area contributed by atoms with Gasteiger partial charge < -0.3 is 4.90 Å². The number of nitrogens with zero attached hydrogens (tertiary/aromatic N) is 4. The number of benzene rings is 1. The first-order chi connectivity index (χ1) is 10.6. The van der Waals surface area contributed by atoms with Crippen LogP contribution in [0.1, 0.15) is 25.3 Å². The predicted molar refractivity (Wildman–Crippen MR) is 89.4 cm³/mol. The first kappa shape index (κ1) is 16.5. The molecule has 0 saturated heterocycles. The molecule has 5 nitrogen and oxygen atoms in total. The Morgan fingerprint density at radius 3 is 2.73 bits per heavy atom. The van der Waals surface area contributed by atoms with E-state index in [0.29, 0.717) is 5.75 Å². The molecule has 0 N–H and O–H groups in total. The lowest BCUT2D eigenvalue weighted by Crippen LogP contribution is -2.29. The van der Waals surface area contributed by atoms with Gasteiger partial charge in [0.15, 0.2) is 5.16 Å². The Bertz CT molecular complexity index is 609. The van der Waals surface area contributed by atoms with E-state index in [0.717, 1.165) is 30.2 Å². The molecule has 0 spiro atoms. The molecule has 1 aromatic heterocycles. The number of aromatic nitrogens is 3. The average Bonchev–Trinajstić information content (AvgIpc) is 2.99. The molecule has 118 valence electrons. The van der Waals surface area contributed by atoms with Crippen molar-refractivity contribution in [2.75, 3.05) is 19.3 Å². The number of aryl methyl sites for hydroxylation is 1. The molecule has 22 heavy (non-hydrogen) atoms. The maximum absolute atomic E-state index is 12.1. The lowest BCUT2D eigenvalue weighted by atomic mass is 10.2. The Morgan fingerprint density at radius 2 is 2.05 bits per heavy atom. The number of hydrogen-bond acceptors (Lipinski definition) is 4. The molecular formula is C16H22N4OS. The highest BCUT2D eigenvalue weighted by Gasteiger charge is 2.12. The van der Waals surface area contributed by atoms with Crippen LogP contribution in [0, 0.1) is 6.92 Å². The van der Waals surface area contributed by atoms with Crippen molar-refractivity contribution < 1.29 is 4.79 Å². The number of hydrogen-bond donors (Lipinski definition) is 0. The predicted octanol–water partition coefficient (Wildman–Crippen LogP) is 2.93. The normalized spacial score (nSPS) is 10.7. The van der Waals surface area contributed by atoms with Crippen LogP contribution < -0.4 is 0 Å². The summed E-state index contributed by atoms with van der Waals surface area (Å²) < 4.78 is 1.91. The van der Waals surface area contributed by atoms with Gasteiger partial charge in [0, 0.05) is 19.3 Å². The van der Waals surface area contributed by atoms with E-state index in [4.69, 9.17) is 0 Å². The third-order valence-corrected chi connectivity index (χ3v) is 4.35. The molecule has 0 aliphatic carbocycles. The zero-order valence-corrected chi connectivity index (χ0v) is 14.1. The summed E-state index contributed by atoms with van der Waals surface area (Å²) in [6.45, 7) is 4.98. The number of unbranched alkanes of at least 4 members (excludes halogenated alkanes) is 1. The van der Waals surface area contributed by atoms with E-state index in [2.05, 4.69) is 24.0 Å². The Hall–Kier alpha value is -1.82. The molecule has 2 aromatic rings. The van der Waals surface area contributed by atoms with Crippen molar-refractivity contribution in [3.63, 3.8) is 0 Å². The molecule has 0 saturated carbocycles. The van der Waals surface area contributed by atoms with Crippen molar-refractivity contribution in [2.24, 2.45) is 0 Å². The Kier molecular flexibility index (Phi) is 6.00. The van der Waals surface area contributed by atoms with E-state index in [9.17, 15) is 4.79 Å². The molecule has 0 unspecified atom stereocenters. The lowest BCUT2D eigenvalue weighted by Gasteiger charge is -2.16. The molecule has 1 amide bonds. The summed E-state index contributed by atoms with van der Waals surface area (Å²) in [5.41, 5.74) is 2.21. The fraction of sp³-hybridized carbons (Fsp3) is 0.438. The van der Waals surface area contributed by atoms with Crippen molar-refractivity contribution in [1.82, 2.24) is 19.7 Å². The van der Waals surface area contributed by atoms with Crippen molar-refractivity contribution in [1.29, 1.82) is 0 Å². The van der Waals surface area contributed by atoms with Gasteiger partial charge in [0.2, 0.25) is 5.91 Å². The molecule has 0 aliphatic heterocycles. The van der Waals surface area contributed by atoms with Gasteiger partial charge in [-0.3, -0.25) is 9.36 Å². The van der Waals surface area contributed by atoms with Crippen LogP contribution >= 0.6 is 11.8 Å². The van der Waals surface area contributed by atoms with Gasteiger partial charge in [-0.25, -0.2) is 0 Å². The highest BCUT2D eigenvalue weighted by molar-refractivity contribution is 7.99. The zero-order chi connectivity index (χ0) is 15.9. The van der Waals surface area contributed by atoms with Crippen LogP contribution in [0.2, 0.25) is 0 Å².